The van der Waals surface area contributed by atoms with Crippen molar-refractivity contribution in [3.63, 3.8) is 0 Å². The summed E-state index contributed by atoms with van der Waals surface area (Å²) in [6.07, 6.45) is -4.45. The van der Waals surface area contributed by atoms with Crippen LogP contribution in [0.4, 0.5) is 0 Å². The summed E-state index contributed by atoms with van der Waals surface area (Å²) in [5, 5.41) is 70.1. The van der Waals surface area contributed by atoms with E-state index in [1.807, 2.05) is 0 Å². The van der Waals surface area contributed by atoms with E-state index in [1.54, 1.807) is 0 Å². The molecule has 190 valence electrons. The average Bonchev–Trinajstić information content (AvgIpc) is 2.79. The van der Waals surface area contributed by atoms with Crippen LogP contribution in [-0.4, -0.2) is 115 Å². The molecule has 10 nitrogen and oxygen atoms in total. The Bertz CT molecular complexity index is 511. The molecule has 7 N–H and O–H groups in total. The number of ether oxygens (including phenoxy) is 3. The highest BCUT2D eigenvalue weighted by atomic mass is 32.2. The third-order valence-corrected chi connectivity index (χ3v) is 7.23. The molecule has 10 unspecified atom stereocenters. The summed E-state index contributed by atoms with van der Waals surface area (Å²) in [5.41, 5.74) is -0.753. The summed E-state index contributed by atoms with van der Waals surface area (Å²) < 4.78 is 16.6. The van der Waals surface area contributed by atoms with Gasteiger partial charge in [0.25, 0.3) is 0 Å². The smallest absolute Gasteiger partial charge is 0.187 e. The monoisotopic (exact) mass is 484 g/mol. The molecule has 10 atom stereocenters. The molecule has 0 aromatic rings. The van der Waals surface area contributed by atoms with Gasteiger partial charge in [-0.3, -0.25) is 0 Å². The van der Waals surface area contributed by atoms with Crippen molar-refractivity contribution < 1.29 is 50.0 Å². The van der Waals surface area contributed by atoms with E-state index in [-0.39, 0.29) is 0 Å². The van der Waals surface area contributed by atoms with Gasteiger partial charge in [0, 0.05) is 0 Å². The van der Waals surface area contributed by atoms with Crippen molar-refractivity contribution in [3.8, 4) is 0 Å². The van der Waals surface area contributed by atoms with E-state index in [0.29, 0.717) is 0 Å². The summed E-state index contributed by atoms with van der Waals surface area (Å²) in [4.78, 5) is 0. The summed E-state index contributed by atoms with van der Waals surface area (Å²) in [6, 6.07) is 0. The van der Waals surface area contributed by atoms with Crippen LogP contribution in [0.2, 0.25) is 0 Å². The molecule has 2 aliphatic heterocycles. The van der Waals surface area contributed by atoms with Crippen LogP contribution in [0.15, 0.2) is 0 Å². The zero-order valence-electron chi connectivity index (χ0n) is 18.6. The molecule has 2 heterocycles. The number of aliphatic hydroxyl groups is 7. The second kappa shape index (κ2) is 14.4. The lowest BCUT2D eigenvalue weighted by atomic mass is 9.97. The number of aliphatic hydroxyl groups excluding tert-OH is 7. The standard InChI is InChI=1S/C21H40O10S/c1-2-3-4-5-6-7-8-9-32-21-18(28)16(26)19(13(11-23)30-21)31-20-17(27)15(25)14(24)12(10-22)29-20/h12-28H,2-11H2,1H3. The summed E-state index contributed by atoms with van der Waals surface area (Å²) in [5.74, 6) is 0.735. The van der Waals surface area contributed by atoms with Gasteiger partial charge in [-0.15, -0.1) is 11.8 Å². The van der Waals surface area contributed by atoms with Crippen LogP contribution >= 0.6 is 11.8 Å². The second-order valence-corrected chi connectivity index (χ2v) is 9.70. The lowest BCUT2D eigenvalue weighted by molar-refractivity contribution is -0.338. The van der Waals surface area contributed by atoms with E-state index < -0.39 is 73.8 Å². The molecule has 2 saturated heterocycles. The lowest BCUT2D eigenvalue weighted by Gasteiger charge is -2.46. The fourth-order valence-corrected chi connectivity index (χ4v) is 5.13. The molecule has 0 aliphatic carbocycles. The fraction of sp³-hybridized carbons (Fsp3) is 1.00. The molecular formula is C21H40O10S. The molecule has 0 amide bonds. The molecule has 0 saturated carbocycles. The topological polar surface area (TPSA) is 169 Å². The maximum Gasteiger partial charge on any atom is 0.187 e. The van der Waals surface area contributed by atoms with Crippen LogP contribution < -0.4 is 0 Å². The second-order valence-electron chi connectivity index (χ2n) is 8.50. The summed E-state index contributed by atoms with van der Waals surface area (Å²) in [6.45, 7) is 1.04. The van der Waals surface area contributed by atoms with Crippen molar-refractivity contribution in [1.82, 2.24) is 0 Å². The molecule has 0 radical (unpaired) electrons. The Morgan fingerprint density at radius 1 is 0.688 bits per heavy atom. The number of thioether (sulfide) groups is 1. The van der Waals surface area contributed by atoms with Gasteiger partial charge in [0.15, 0.2) is 6.29 Å². The van der Waals surface area contributed by atoms with Gasteiger partial charge in [-0.2, -0.15) is 0 Å². The van der Waals surface area contributed by atoms with E-state index in [9.17, 15) is 35.7 Å². The first-order chi connectivity index (χ1) is 15.3. The van der Waals surface area contributed by atoms with Crippen molar-refractivity contribution >= 4 is 11.8 Å². The maximum absolute atomic E-state index is 10.6. The predicted octanol–water partition coefficient (Wildman–Crippen LogP) is -0.906. The molecule has 0 bridgehead atoms. The van der Waals surface area contributed by atoms with Gasteiger partial charge in [0.2, 0.25) is 0 Å². The van der Waals surface area contributed by atoms with Crippen molar-refractivity contribution in [2.75, 3.05) is 19.0 Å². The Hall–Kier alpha value is -0.0500. The molecule has 2 aliphatic rings. The summed E-state index contributed by atoms with van der Waals surface area (Å²) >= 11 is 1.36. The van der Waals surface area contributed by atoms with Crippen LogP contribution in [0.25, 0.3) is 0 Å². The van der Waals surface area contributed by atoms with Crippen molar-refractivity contribution in [2.24, 2.45) is 0 Å². The minimum atomic E-state index is -1.67. The van der Waals surface area contributed by atoms with E-state index >= 15 is 0 Å². The van der Waals surface area contributed by atoms with Crippen molar-refractivity contribution in [1.29, 1.82) is 0 Å². The Morgan fingerprint density at radius 2 is 1.31 bits per heavy atom. The highest BCUT2D eigenvalue weighted by Crippen LogP contribution is 2.33. The number of unbranched alkanes of at least 4 members (excludes halogenated alkanes) is 6. The molecule has 11 heteroatoms. The molecule has 2 rings (SSSR count). The number of hydrogen-bond acceptors (Lipinski definition) is 11. The first-order valence-corrected chi connectivity index (χ1v) is 12.6. The Balaban J connectivity index is 1.86. The third-order valence-electron chi connectivity index (χ3n) is 5.99. The van der Waals surface area contributed by atoms with Crippen LogP contribution in [0.5, 0.6) is 0 Å². The van der Waals surface area contributed by atoms with Crippen molar-refractivity contribution in [3.05, 3.63) is 0 Å². The predicted molar refractivity (Wildman–Crippen MR) is 117 cm³/mol. The van der Waals surface area contributed by atoms with Gasteiger partial charge in [-0.05, 0) is 12.2 Å². The highest BCUT2D eigenvalue weighted by Gasteiger charge is 2.50. The normalized spacial score (nSPS) is 40.5. The van der Waals surface area contributed by atoms with E-state index in [2.05, 4.69) is 6.92 Å². The quantitative estimate of drug-likeness (QED) is 0.162. The Morgan fingerprint density at radius 3 is 1.94 bits per heavy atom. The van der Waals surface area contributed by atoms with E-state index in [1.165, 1.54) is 37.4 Å². The van der Waals surface area contributed by atoms with Crippen molar-refractivity contribution in [2.45, 2.75) is 112 Å². The van der Waals surface area contributed by atoms with Gasteiger partial charge in [0.05, 0.1) is 13.2 Å². The van der Waals surface area contributed by atoms with Gasteiger partial charge in [-0.25, -0.2) is 0 Å². The third kappa shape index (κ3) is 7.47. The largest absolute Gasteiger partial charge is 0.394 e. The molecule has 32 heavy (non-hydrogen) atoms. The maximum atomic E-state index is 10.6. The van der Waals surface area contributed by atoms with Gasteiger partial charge < -0.3 is 50.0 Å². The fourth-order valence-electron chi connectivity index (χ4n) is 3.95. The SMILES string of the molecule is CCCCCCCCCSC1OC(CO)C(OC2OC(CO)C(O)C(O)C2O)C(O)C1O. The lowest BCUT2D eigenvalue weighted by Crippen LogP contribution is -2.64. The Labute approximate surface area is 193 Å². The highest BCUT2D eigenvalue weighted by molar-refractivity contribution is 7.99. The van der Waals surface area contributed by atoms with Crippen LogP contribution in [0, 0.1) is 0 Å². The molecular weight excluding hydrogens is 444 g/mol. The molecule has 0 aromatic carbocycles. The number of rotatable bonds is 13. The zero-order chi connectivity index (χ0) is 23.7. The molecule has 2 fully saturated rings. The summed E-state index contributed by atoms with van der Waals surface area (Å²) in [7, 11) is 0. The van der Waals surface area contributed by atoms with E-state index in [0.717, 1.165) is 25.0 Å². The van der Waals surface area contributed by atoms with Crippen LogP contribution in [0.1, 0.15) is 51.9 Å². The van der Waals surface area contributed by atoms with Crippen LogP contribution in [0.3, 0.4) is 0 Å². The average molecular weight is 485 g/mol. The first kappa shape index (κ1) is 28.2. The van der Waals surface area contributed by atoms with Crippen LogP contribution in [-0.2, 0) is 14.2 Å². The van der Waals surface area contributed by atoms with Gasteiger partial charge in [0.1, 0.15) is 54.3 Å². The Kier molecular flexibility index (Phi) is 12.7. The van der Waals surface area contributed by atoms with E-state index in [4.69, 9.17) is 14.2 Å². The molecule has 0 aromatic heterocycles. The minimum absolute atomic E-state index is 0.514. The van der Waals surface area contributed by atoms with Gasteiger partial charge >= 0.3 is 0 Å². The minimum Gasteiger partial charge on any atom is -0.394 e. The first-order valence-electron chi connectivity index (χ1n) is 11.6. The zero-order valence-corrected chi connectivity index (χ0v) is 19.4. The van der Waals surface area contributed by atoms with Gasteiger partial charge in [-0.1, -0.05) is 45.4 Å². The number of hydrogen-bond donors (Lipinski definition) is 7. The molecule has 0 spiro atoms.